The van der Waals surface area contributed by atoms with Gasteiger partial charge in [0.1, 0.15) is 0 Å². The van der Waals surface area contributed by atoms with E-state index in [0.29, 0.717) is 32.6 Å². The van der Waals surface area contributed by atoms with E-state index in [9.17, 15) is 9.59 Å². The molecule has 0 unspecified atom stereocenters. The summed E-state index contributed by atoms with van der Waals surface area (Å²) in [5.41, 5.74) is 7.76. The third-order valence-corrected chi connectivity index (χ3v) is 4.87. The van der Waals surface area contributed by atoms with Gasteiger partial charge in [0.15, 0.2) is 0 Å². The molecule has 6 nitrogen and oxygen atoms in total. The summed E-state index contributed by atoms with van der Waals surface area (Å²) >= 11 is 0. The molecule has 0 aromatic heterocycles. The molecule has 0 bridgehead atoms. The quantitative estimate of drug-likeness (QED) is 0.805. The molecule has 2 heterocycles. The van der Waals surface area contributed by atoms with Gasteiger partial charge in [0.2, 0.25) is 11.8 Å². The van der Waals surface area contributed by atoms with Gasteiger partial charge < -0.3 is 15.5 Å². The first-order valence-electron chi connectivity index (χ1n) is 8.77. The number of para-hydroxylation sites is 1. The van der Waals surface area contributed by atoms with Gasteiger partial charge in [-0.1, -0.05) is 18.2 Å². The van der Waals surface area contributed by atoms with Crippen LogP contribution < -0.4 is 10.6 Å². The molecule has 1 fully saturated rings. The summed E-state index contributed by atoms with van der Waals surface area (Å²) in [6, 6.07) is 8.12. The van der Waals surface area contributed by atoms with Gasteiger partial charge in [0.05, 0.1) is 6.54 Å². The van der Waals surface area contributed by atoms with Gasteiger partial charge >= 0.3 is 0 Å². The minimum atomic E-state index is 0. The van der Waals surface area contributed by atoms with Crippen LogP contribution in [0.3, 0.4) is 0 Å². The van der Waals surface area contributed by atoms with Crippen LogP contribution in [0.25, 0.3) is 0 Å². The average molecular weight is 403 g/mol. The highest BCUT2D eigenvalue weighted by atomic mass is 35.5. The lowest BCUT2D eigenvalue weighted by molar-refractivity contribution is -0.133. The van der Waals surface area contributed by atoms with Gasteiger partial charge in [-0.15, -0.1) is 24.8 Å². The lowest BCUT2D eigenvalue weighted by atomic mass is 10.2. The molecular weight excluding hydrogens is 375 g/mol. The smallest absolute Gasteiger partial charge is 0.241 e. The molecule has 2 aliphatic heterocycles. The molecule has 2 amide bonds. The van der Waals surface area contributed by atoms with Crippen molar-refractivity contribution in [2.75, 3.05) is 50.7 Å². The first-order valence-corrected chi connectivity index (χ1v) is 8.77. The van der Waals surface area contributed by atoms with Crippen LogP contribution in [-0.4, -0.2) is 67.4 Å². The van der Waals surface area contributed by atoms with E-state index < -0.39 is 0 Å². The van der Waals surface area contributed by atoms with E-state index in [-0.39, 0.29) is 36.6 Å². The monoisotopic (exact) mass is 402 g/mol. The summed E-state index contributed by atoms with van der Waals surface area (Å²) in [5.74, 6) is 0.336. The van der Waals surface area contributed by atoms with Gasteiger partial charge in [-0.3, -0.25) is 14.5 Å². The molecule has 26 heavy (non-hydrogen) atoms. The summed E-state index contributed by atoms with van der Waals surface area (Å²) < 4.78 is 0. The maximum atomic E-state index is 12.6. The van der Waals surface area contributed by atoms with Gasteiger partial charge in [-0.2, -0.15) is 0 Å². The van der Waals surface area contributed by atoms with Crippen LogP contribution in [0.15, 0.2) is 24.3 Å². The molecule has 0 radical (unpaired) electrons. The molecule has 2 aliphatic rings. The summed E-state index contributed by atoms with van der Waals surface area (Å²) in [5, 5.41) is 0. The molecule has 0 aliphatic carbocycles. The van der Waals surface area contributed by atoms with Crippen LogP contribution in [0.2, 0.25) is 0 Å². The Labute approximate surface area is 167 Å². The topological polar surface area (TPSA) is 69.9 Å². The first kappa shape index (κ1) is 22.7. The number of carbonyl (C=O) groups is 2. The molecule has 1 aromatic rings. The Balaban J connectivity index is 0.00000169. The standard InChI is InChI=1S/C18H26N4O2.2ClH/c19-8-3-6-17(23)21-12-10-20(11-13-21)14-18(24)22-9-7-15-4-1-2-5-16(15)22;;/h1-2,4-5H,3,6-14,19H2;2*1H. The largest absolute Gasteiger partial charge is 0.340 e. The van der Waals surface area contributed by atoms with Crippen molar-refractivity contribution in [1.82, 2.24) is 9.80 Å². The van der Waals surface area contributed by atoms with E-state index in [0.717, 1.165) is 38.2 Å². The van der Waals surface area contributed by atoms with Gasteiger partial charge in [0, 0.05) is 44.8 Å². The van der Waals surface area contributed by atoms with Crippen LogP contribution in [0, 0.1) is 0 Å². The number of fused-ring (bicyclic) bond motifs is 1. The van der Waals surface area contributed by atoms with E-state index >= 15 is 0 Å². The van der Waals surface area contributed by atoms with Crippen molar-refractivity contribution >= 4 is 42.3 Å². The second-order valence-electron chi connectivity index (χ2n) is 6.47. The van der Waals surface area contributed by atoms with E-state index in [2.05, 4.69) is 11.0 Å². The highest BCUT2D eigenvalue weighted by Crippen LogP contribution is 2.27. The molecule has 3 rings (SSSR count). The van der Waals surface area contributed by atoms with E-state index in [1.165, 1.54) is 5.56 Å². The van der Waals surface area contributed by atoms with Gasteiger partial charge in [-0.25, -0.2) is 0 Å². The van der Waals surface area contributed by atoms with Crippen LogP contribution >= 0.6 is 24.8 Å². The molecule has 1 aromatic carbocycles. The predicted molar refractivity (Wildman–Crippen MR) is 108 cm³/mol. The lowest BCUT2D eigenvalue weighted by Gasteiger charge is -2.35. The van der Waals surface area contributed by atoms with Gasteiger partial charge in [-0.05, 0) is 31.0 Å². The fourth-order valence-electron chi connectivity index (χ4n) is 3.44. The summed E-state index contributed by atoms with van der Waals surface area (Å²) in [6.45, 7) is 4.68. The molecule has 0 spiro atoms. The van der Waals surface area contributed by atoms with Crippen LogP contribution in [0.4, 0.5) is 5.69 Å². The Bertz CT molecular complexity index is 607. The number of piperazine rings is 1. The fraction of sp³-hybridized carbons (Fsp3) is 0.556. The predicted octanol–water partition coefficient (Wildman–Crippen LogP) is 1.30. The van der Waals surface area contributed by atoms with Crippen molar-refractivity contribution < 1.29 is 9.59 Å². The molecule has 0 saturated carbocycles. The van der Waals surface area contributed by atoms with E-state index in [1.54, 1.807) is 0 Å². The highest BCUT2D eigenvalue weighted by molar-refractivity contribution is 5.96. The fourth-order valence-corrected chi connectivity index (χ4v) is 3.44. The number of amides is 2. The van der Waals surface area contributed by atoms with Crippen molar-refractivity contribution in [3.05, 3.63) is 29.8 Å². The highest BCUT2D eigenvalue weighted by Gasteiger charge is 2.27. The molecular formula is C18H28Cl2N4O2. The number of rotatable bonds is 5. The van der Waals surface area contributed by atoms with Crippen LogP contribution in [0.1, 0.15) is 18.4 Å². The Kier molecular flexibility index (Phi) is 9.36. The minimum Gasteiger partial charge on any atom is -0.340 e. The number of nitrogens with zero attached hydrogens (tertiary/aromatic N) is 3. The van der Waals surface area contributed by atoms with Crippen molar-refractivity contribution in [2.24, 2.45) is 5.73 Å². The Morgan fingerprint density at radius 3 is 2.35 bits per heavy atom. The molecule has 1 saturated heterocycles. The zero-order valence-electron chi connectivity index (χ0n) is 14.9. The molecule has 146 valence electrons. The Morgan fingerprint density at radius 1 is 0.962 bits per heavy atom. The number of hydrogen-bond acceptors (Lipinski definition) is 4. The van der Waals surface area contributed by atoms with E-state index in [1.807, 2.05) is 28.0 Å². The van der Waals surface area contributed by atoms with Crippen molar-refractivity contribution in [3.8, 4) is 0 Å². The summed E-state index contributed by atoms with van der Waals surface area (Å²) in [6.07, 6.45) is 2.21. The molecule has 8 heteroatoms. The SMILES string of the molecule is Cl.Cl.NCCCC(=O)N1CCN(CC(=O)N2CCc3ccccc32)CC1. The maximum Gasteiger partial charge on any atom is 0.241 e. The molecule has 0 atom stereocenters. The number of halogens is 2. The molecule has 2 N–H and O–H groups in total. The Morgan fingerprint density at radius 2 is 1.65 bits per heavy atom. The number of carbonyl (C=O) groups excluding carboxylic acids is 2. The normalized spacial score (nSPS) is 16.5. The maximum absolute atomic E-state index is 12.6. The number of nitrogens with two attached hydrogens (primary N) is 1. The van der Waals surface area contributed by atoms with Crippen molar-refractivity contribution in [1.29, 1.82) is 0 Å². The second kappa shape index (κ2) is 10.7. The van der Waals surface area contributed by atoms with Crippen molar-refractivity contribution in [3.63, 3.8) is 0 Å². The summed E-state index contributed by atoms with van der Waals surface area (Å²) in [4.78, 5) is 30.6. The first-order chi connectivity index (χ1) is 11.7. The summed E-state index contributed by atoms with van der Waals surface area (Å²) in [7, 11) is 0. The van der Waals surface area contributed by atoms with E-state index in [4.69, 9.17) is 5.73 Å². The minimum absolute atomic E-state index is 0. The number of hydrogen-bond donors (Lipinski definition) is 1. The third kappa shape index (κ3) is 5.33. The lowest BCUT2D eigenvalue weighted by Crippen LogP contribution is -2.51. The zero-order chi connectivity index (χ0) is 16.9. The average Bonchev–Trinajstić information content (AvgIpc) is 3.04. The Hall–Kier alpha value is -1.34. The van der Waals surface area contributed by atoms with Crippen LogP contribution in [0.5, 0.6) is 0 Å². The third-order valence-electron chi connectivity index (χ3n) is 4.87. The van der Waals surface area contributed by atoms with Crippen LogP contribution in [-0.2, 0) is 16.0 Å². The number of benzene rings is 1. The van der Waals surface area contributed by atoms with Crippen molar-refractivity contribution in [2.45, 2.75) is 19.3 Å². The second-order valence-corrected chi connectivity index (χ2v) is 6.47. The van der Waals surface area contributed by atoms with Gasteiger partial charge in [0.25, 0.3) is 0 Å². The zero-order valence-corrected chi connectivity index (χ0v) is 16.6. The number of anilines is 1.